The van der Waals surface area contributed by atoms with Crippen LogP contribution < -0.4 is 10.6 Å². The first-order valence-electron chi connectivity index (χ1n) is 5.36. The number of benzene rings is 1. The van der Waals surface area contributed by atoms with Crippen LogP contribution in [0.3, 0.4) is 0 Å². The van der Waals surface area contributed by atoms with E-state index in [1.54, 1.807) is 0 Å². The molecule has 0 saturated heterocycles. The van der Waals surface area contributed by atoms with E-state index in [4.69, 9.17) is 0 Å². The third-order valence-electron chi connectivity index (χ3n) is 2.85. The van der Waals surface area contributed by atoms with Crippen molar-refractivity contribution in [3.8, 4) is 0 Å². The maximum absolute atomic E-state index is 3.52. The van der Waals surface area contributed by atoms with E-state index < -0.39 is 0 Å². The molecule has 1 atom stereocenters. The molecule has 2 rings (SSSR count). The van der Waals surface area contributed by atoms with Gasteiger partial charge in [-0.15, -0.1) is 0 Å². The largest absolute Gasteiger partial charge is 0.380 e. The SMILES string of the molecule is CCc1ccc2c(c1)CC(CNC)N2. The van der Waals surface area contributed by atoms with E-state index in [0.717, 1.165) is 19.4 Å². The van der Waals surface area contributed by atoms with Crippen LogP contribution in [0.4, 0.5) is 5.69 Å². The smallest absolute Gasteiger partial charge is 0.0426 e. The Balaban J connectivity index is 2.14. The van der Waals surface area contributed by atoms with Crippen molar-refractivity contribution in [1.82, 2.24) is 5.32 Å². The van der Waals surface area contributed by atoms with Gasteiger partial charge in [0, 0.05) is 18.3 Å². The summed E-state index contributed by atoms with van der Waals surface area (Å²) in [5.41, 5.74) is 4.24. The van der Waals surface area contributed by atoms with Crippen LogP contribution in [0, 0.1) is 0 Å². The second-order valence-corrected chi connectivity index (χ2v) is 3.95. The van der Waals surface area contributed by atoms with Gasteiger partial charge < -0.3 is 10.6 Å². The Morgan fingerprint density at radius 3 is 3.07 bits per heavy atom. The molecule has 0 fully saturated rings. The fourth-order valence-corrected chi connectivity index (χ4v) is 2.08. The summed E-state index contributed by atoms with van der Waals surface area (Å²) in [6.07, 6.45) is 2.29. The molecule has 2 N–H and O–H groups in total. The van der Waals surface area contributed by atoms with Gasteiger partial charge in [0.05, 0.1) is 0 Å². The summed E-state index contributed by atoms with van der Waals surface area (Å²) in [6.45, 7) is 3.24. The van der Waals surface area contributed by atoms with E-state index >= 15 is 0 Å². The molecule has 1 aliphatic rings. The lowest BCUT2D eigenvalue weighted by Gasteiger charge is -2.09. The molecule has 1 aromatic rings. The lowest BCUT2D eigenvalue weighted by atomic mass is 10.1. The van der Waals surface area contributed by atoms with Crippen LogP contribution in [0.5, 0.6) is 0 Å². The van der Waals surface area contributed by atoms with E-state index in [1.165, 1.54) is 16.8 Å². The Bertz CT molecular complexity index is 320. The van der Waals surface area contributed by atoms with Crippen molar-refractivity contribution in [1.29, 1.82) is 0 Å². The molecule has 0 saturated carbocycles. The molecule has 76 valence electrons. The highest BCUT2D eigenvalue weighted by Gasteiger charge is 2.19. The molecule has 2 heteroatoms. The van der Waals surface area contributed by atoms with Crippen LogP contribution in [0.25, 0.3) is 0 Å². The van der Waals surface area contributed by atoms with Crippen molar-refractivity contribution >= 4 is 5.69 Å². The molecule has 2 nitrogen and oxygen atoms in total. The summed E-state index contributed by atoms with van der Waals surface area (Å²) in [6, 6.07) is 7.33. The van der Waals surface area contributed by atoms with Gasteiger partial charge in [-0.05, 0) is 37.1 Å². The average Bonchev–Trinajstić information content (AvgIpc) is 2.59. The second-order valence-electron chi connectivity index (χ2n) is 3.95. The predicted octanol–water partition coefficient (Wildman–Crippen LogP) is 1.80. The van der Waals surface area contributed by atoms with Crippen LogP contribution in [-0.2, 0) is 12.8 Å². The van der Waals surface area contributed by atoms with Gasteiger partial charge in [-0.2, -0.15) is 0 Å². The second kappa shape index (κ2) is 4.01. The molecule has 0 radical (unpaired) electrons. The van der Waals surface area contributed by atoms with Crippen LogP contribution >= 0.6 is 0 Å². The molecule has 0 spiro atoms. The number of rotatable bonds is 3. The van der Waals surface area contributed by atoms with Gasteiger partial charge in [0.1, 0.15) is 0 Å². The van der Waals surface area contributed by atoms with E-state index in [0.29, 0.717) is 6.04 Å². The number of hydrogen-bond donors (Lipinski definition) is 2. The Kier molecular flexibility index (Phi) is 2.73. The third kappa shape index (κ3) is 1.75. The zero-order valence-corrected chi connectivity index (χ0v) is 8.93. The van der Waals surface area contributed by atoms with E-state index in [2.05, 4.69) is 35.8 Å². The van der Waals surface area contributed by atoms with Crippen LogP contribution in [-0.4, -0.2) is 19.6 Å². The summed E-state index contributed by atoms with van der Waals surface area (Å²) >= 11 is 0. The molecular formula is C12H18N2. The summed E-state index contributed by atoms with van der Waals surface area (Å²) < 4.78 is 0. The fraction of sp³-hybridized carbons (Fsp3) is 0.500. The first kappa shape index (κ1) is 9.53. The Morgan fingerprint density at radius 2 is 2.36 bits per heavy atom. The molecule has 14 heavy (non-hydrogen) atoms. The zero-order valence-electron chi connectivity index (χ0n) is 8.93. The van der Waals surface area contributed by atoms with Gasteiger partial charge in [0.15, 0.2) is 0 Å². The summed E-state index contributed by atoms with van der Waals surface area (Å²) in [7, 11) is 2.00. The number of likely N-dealkylation sites (N-methyl/N-ethyl adjacent to an activating group) is 1. The molecule has 0 amide bonds. The van der Waals surface area contributed by atoms with Gasteiger partial charge >= 0.3 is 0 Å². The number of aryl methyl sites for hydroxylation is 1. The Labute approximate surface area is 85.7 Å². The first-order chi connectivity index (χ1) is 6.83. The van der Waals surface area contributed by atoms with E-state index in [1.807, 2.05) is 7.05 Å². The summed E-state index contributed by atoms with van der Waals surface area (Å²) in [5, 5.41) is 6.73. The molecule has 0 bridgehead atoms. The van der Waals surface area contributed by atoms with Crippen LogP contribution in [0.15, 0.2) is 18.2 Å². The van der Waals surface area contributed by atoms with Crippen molar-refractivity contribution in [3.63, 3.8) is 0 Å². The molecule has 0 aliphatic carbocycles. The molecule has 1 aliphatic heterocycles. The number of fused-ring (bicyclic) bond motifs is 1. The highest BCUT2D eigenvalue weighted by atomic mass is 15.0. The van der Waals surface area contributed by atoms with E-state index in [-0.39, 0.29) is 0 Å². The minimum atomic E-state index is 0.571. The molecule has 1 aromatic carbocycles. The molecule has 0 aromatic heterocycles. The van der Waals surface area contributed by atoms with Crippen LogP contribution in [0.1, 0.15) is 18.1 Å². The van der Waals surface area contributed by atoms with Crippen molar-refractivity contribution in [3.05, 3.63) is 29.3 Å². The molecule has 1 unspecified atom stereocenters. The molecular weight excluding hydrogens is 172 g/mol. The maximum atomic E-state index is 3.52. The lowest BCUT2D eigenvalue weighted by Crippen LogP contribution is -2.28. The maximum Gasteiger partial charge on any atom is 0.0426 e. The number of anilines is 1. The standard InChI is InChI=1S/C12H18N2/c1-3-9-4-5-12-10(6-9)7-11(14-12)8-13-2/h4-6,11,13-14H,3,7-8H2,1-2H3. The summed E-state index contributed by atoms with van der Waals surface area (Å²) in [4.78, 5) is 0. The highest BCUT2D eigenvalue weighted by molar-refractivity contribution is 5.58. The van der Waals surface area contributed by atoms with Crippen molar-refractivity contribution in [2.24, 2.45) is 0 Å². The first-order valence-corrected chi connectivity index (χ1v) is 5.36. The van der Waals surface area contributed by atoms with Gasteiger partial charge in [0.2, 0.25) is 0 Å². The summed E-state index contributed by atoms with van der Waals surface area (Å²) in [5.74, 6) is 0. The minimum Gasteiger partial charge on any atom is -0.380 e. The fourth-order valence-electron chi connectivity index (χ4n) is 2.08. The average molecular weight is 190 g/mol. The lowest BCUT2D eigenvalue weighted by molar-refractivity contribution is 0.673. The molecule has 1 heterocycles. The van der Waals surface area contributed by atoms with Gasteiger partial charge in [-0.3, -0.25) is 0 Å². The van der Waals surface area contributed by atoms with Crippen LogP contribution in [0.2, 0.25) is 0 Å². The Hall–Kier alpha value is -1.02. The monoisotopic (exact) mass is 190 g/mol. The number of hydrogen-bond acceptors (Lipinski definition) is 2. The van der Waals surface area contributed by atoms with Crippen molar-refractivity contribution in [2.75, 3.05) is 18.9 Å². The van der Waals surface area contributed by atoms with E-state index in [9.17, 15) is 0 Å². The van der Waals surface area contributed by atoms with Gasteiger partial charge in [-0.1, -0.05) is 19.1 Å². The predicted molar refractivity (Wildman–Crippen MR) is 60.9 cm³/mol. The topological polar surface area (TPSA) is 24.1 Å². The van der Waals surface area contributed by atoms with Crippen molar-refractivity contribution < 1.29 is 0 Å². The minimum absolute atomic E-state index is 0.571. The van der Waals surface area contributed by atoms with Gasteiger partial charge in [0.25, 0.3) is 0 Å². The van der Waals surface area contributed by atoms with Crippen molar-refractivity contribution in [2.45, 2.75) is 25.8 Å². The third-order valence-corrected chi connectivity index (χ3v) is 2.85. The number of nitrogens with one attached hydrogen (secondary N) is 2. The zero-order chi connectivity index (χ0) is 9.97. The quantitative estimate of drug-likeness (QED) is 0.759. The highest BCUT2D eigenvalue weighted by Crippen LogP contribution is 2.26. The van der Waals surface area contributed by atoms with Gasteiger partial charge in [-0.25, -0.2) is 0 Å². The Morgan fingerprint density at radius 1 is 1.50 bits per heavy atom. The normalized spacial score (nSPS) is 19.1.